The van der Waals surface area contributed by atoms with Gasteiger partial charge in [-0.2, -0.15) is 0 Å². The highest BCUT2D eigenvalue weighted by Crippen LogP contribution is 2.40. The van der Waals surface area contributed by atoms with Crippen molar-refractivity contribution >= 4 is 17.5 Å². The minimum Gasteiger partial charge on any atom is -0.429 e. The van der Waals surface area contributed by atoms with Gasteiger partial charge in [-0.05, 0) is 67.3 Å². The second-order valence-corrected chi connectivity index (χ2v) is 8.58. The van der Waals surface area contributed by atoms with Crippen LogP contribution in [0.4, 0.5) is 4.79 Å². The van der Waals surface area contributed by atoms with Crippen LogP contribution in [0.15, 0.2) is 72.6 Å². The van der Waals surface area contributed by atoms with E-state index in [1.165, 1.54) is 0 Å². The first-order valence-corrected chi connectivity index (χ1v) is 11.6. The molecule has 3 aromatic rings. The van der Waals surface area contributed by atoms with E-state index in [2.05, 4.69) is 16.8 Å². The molecule has 1 atom stereocenters. The van der Waals surface area contributed by atoms with Crippen molar-refractivity contribution in [3.63, 3.8) is 0 Å². The van der Waals surface area contributed by atoms with Crippen LogP contribution in [0.5, 0.6) is 0 Å². The molecule has 0 saturated heterocycles. The molecule has 0 N–H and O–H groups in total. The molecule has 0 spiro atoms. The lowest BCUT2D eigenvalue weighted by atomic mass is 9.89. The zero-order valence-electron chi connectivity index (χ0n) is 20.1. The van der Waals surface area contributed by atoms with Crippen molar-refractivity contribution in [2.75, 3.05) is 0 Å². The fourth-order valence-corrected chi connectivity index (χ4v) is 4.47. The summed E-state index contributed by atoms with van der Waals surface area (Å²) in [6, 6.07) is 18.9. The minimum absolute atomic E-state index is 0.0537. The molecule has 0 aliphatic heterocycles. The Kier molecular flexibility index (Phi) is 7.42. The van der Waals surface area contributed by atoms with Crippen LogP contribution in [-0.4, -0.2) is 16.9 Å². The SMILES string of the molecule is CC#Cc1cc(C)c(C2=C(OC(=O)OCc3ccccc3)CC(Cc3ccccn3)C2=O)c(C)c1. The molecule has 1 aliphatic carbocycles. The van der Waals surface area contributed by atoms with Gasteiger partial charge in [0.2, 0.25) is 0 Å². The van der Waals surface area contributed by atoms with Crippen molar-refractivity contribution in [3.05, 3.63) is 106 Å². The number of ether oxygens (including phenoxy) is 2. The van der Waals surface area contributed by atoms with Crippen molar-refractivity contribution in [1.29, 1.82) is 0 Å². The van der Waals surface area contributed by atoms with E-state index in [0.29, 0.717) is 24.2 Å². The largest absolute Gasteiger partial charge is 0.513 e. The number of aromatic nitrogens is 1. The molecule has 2 aromatic carbocycles. The third-order valence-electron chi connectivity index (χ3n) is 5.97. The number of allylic oxidation sites excluding steroid dienone is 2. The summed E-state index contributed by atoms with van der Waals surface area (Å²) in [7, 11) is 0. The zero-order valence-corrected chi connectivity index (χ0v) is 20.1. The number of nitrogens with zero attached hydrogens (tertiary/aromatic N) is 1. The Morgan fingerprint density at radius 2 is 1.77 bits per heavy atom. The summed E-state index contributed by atoms with van der Waals surface area (Å²) in [5.41, 5.74) is 5.59. The minimum atomic E-state index is -0.823. The number of pyridine rings is 1. The van der Waals surface area contributed by atoms with Crippen LogP contribution in [0.1, 0.15) is 46.9 Å². The zero-order chi connectivity index (χ0) is 24.8. The highest BCUT2D eigenvalue weighted by molar-refractivity contribution is 6.25. The summed E-state index contributed by atoms with van der Waals surface area (Å²) in [4.78, 5) is 30.6. The summed E-state index contributed by atoms with van der Waals surface area (Å²) >= 11 is 0. The van der Waals surface area contributed by atoms with E-state index in [-0.39, 0.29) is 18.3 Å². The van der Waals surface area contributed by atoms with Crippen LogP contribution in [0.2, 0.25) is 0 Å². The van der Waals surface area contributed by atoms with Crippen LogP contribution in [0.25, 0.3) is 5.57 Å². The Bertz CT molecular complexity index is 1310. The van der Waals surface area contributed by atoms with Crippen LogP contribution >= 0.6 is 0 Å². The van der Waals surface area contributed by atoms with Crippen LogP contribution < -0.4 is 0 Å². The second-order valence-electron chi connectivity index (χ2n) is 8.58. The van der Waals surface area contributed by atoms with Crippen molar-refractivity contribution in [2.45, 2.75) is 40.2 Å². The maximum absolute atomic E-state index is 13.7. The summed E-state index contributed by atoms with van der Waals surface area (Å²) < 4.78 is 11.0. The maximum Gasteiger partial charge on any atom is 0.513 e. The van der Waals surface area contributed by atoms with Crippen molar-refractivity contribution in [3.8, 4) is 11.8 Å². The molecule has 0 fully saturated rings. The van der Waals surface area contributed by atoms with Gasteiger partial charge >= 0.3 is 6.16 Å². The van der Waals surface area contributed by atoms with Gasteiger partial charge in [-0.1, -0.05) is 42.3 Å². The van der Waals surface area contributed by atoms with E-state index in [9.17, 15) is 9.59 Å². The lowest BCUT2D eigenvalue weighted by Crippen LogP contribution is -2.14. The average Bonchev–Trinajstić information content (AvgIpc) is 3.13. The number of carbonyl (C=O) groups is 2. The molecule has 1 aromatic heterocycles. The number of hydrogen-bond donors (Lipinski definition) is 0. The van der Waals surface area contributed by atoms with Gasteiger partial charge < -0.3 is 9.47 Å². The van der Waals surface area contributed by atoms with Gasteiger partial charge in [0, 0.05) is 36.2 Å². The van der Waals surface area contributed by atoms with E-state index >= 15 is 0 Å². The molecule has 0 amide bonds. The van der Waals surface area contributed by atoms with Gasteiger partial charge in [0.25, 0.3) is 0 Å². The number of Topliss-reactive ketones (excluding diaryl/α,β-unsaturated/α-hetero) is 1. The quantitative estimate of drug-likeness (QED) is 0.332. The average molecular weight is 466 g/mol. The van der Waals surface area contributed by atoms with Crippen LogP contribution in [0, 0.1) is 31.6 Å². The third-order valence-corrected chi connectivity index (χ3v) is 5.97. The Labute approximate surface area is 205 Å². The van der Waals surface area contributed by atoms with Crippen molar-refractivity contribution in [1.82, 2.24) is 4.98 Å². The van der Waals surface area contributed by atoms with Crippen LogP contribution in [-0.2, 0) is 27.3 Å². The highest BCUT2D eigenvalue weighted by atomic mass is 16.7. The van der Waals surface area contributed by atoms with Gasteiger partial charge in [-0.3, -0.25) is 9.78 Å². The Balaban J connectivity index is 1.64. The molecular weight excluding hydrogens is 438 g/mol. The molecule has 5 nitrogen and oxygen atoms in total. The second kappa shape index (κ2) is 10.8. The first-order valence-electron chi connectivity index (χ1n) is 11.6. The Hall–Kier alpha value is -4.17. The fraction of sp³-hybridized carbons (Fsp3) is 0.233. The topological polar surface area (TPSA) is 65.5 Å². The number of ketones is 1. The van der Waals surface area contributed by atoms with Gasteiger partial charge in [0.15, 0.2) is 5.78 Å². The highest BCUT2D eigenvalue weighted by Gasteiger charge is 2.38. The molecule has 5 heteroatoms. The monoisotopic (exact) mass is 465 g/mol. The van der Waals surface area contributed by atoms with E-state index in [1.807, 2.05) is 74.5 Å². The lowest BCUT2D eigenvalue weighted by Gasteiger charge is -2.14. The van der Waals surface area contributed by atoms with E-state index in [1.54, 1.807) is 13.1 Å². The predicted molar refractivity (Wildman–Crippen MR) is 134 cm³/mol. The number of aryl methyl sites for hydroxylation is 2. The van der Waals surface area contributed by atoms with E-state index < -0.39 is 6.16 Å². The summed E-state index contributed by atoms with van der Waals surface area (Å²) in [5, 5.41) is 0. The van der Waals surface area contributed by atoms with E-state index in [4.69, 9.17) is 9.47 Å². The molecule has 1 heterocycles. The molecular formula is C30H27NO4. The molecule has 1 unspecified atom stereocenters. The molecule has 1 aliphatic rings. The first-order chi connectivity index (χ1) is 17.0. The molecule has 0 saturated carbocycles. The number of benzene rings is 2. The molecule has 35 heavy (non-hydrogen) atoms. The predicted octanol–water partition coefficient (Wildman–Crippen LogP) is 5.97. The lowest BCUT2D eigenvalue weighted by molar-refractivity contribution is -0.116. The number of carbonyl (C=O) groups excluding carboxylic acids is 2. The van der Waals surface area contributed by atoms with Crippen molar-refractivity contribution in [2.24, 2.45) is 5.92 Å². The fourth-order valence-electron chi connectivity index (χ4n) is 4.47. The Morgan fingerprint density at radius 1 is 1.06 bits per heavy atom. The number of rotatable bonds is 6. The number of hydrogen-bond acceptors (Lipinski definition) is 5. The third kappa shape index (κ3) is 5.67. The maximum atomic E-state index is 13.7. The Morgan fingerprint density at radius 3 is 2.43 bits per heavy atom. The summed E-state index contributed by atoms with van der Waals surface area (Å²) in [5.74, 6) is 5.90. The summed E-state index contributed by atoms with van der Waals surface area (Å²) in [6.45, 7) is 5.77. The molecule has 0 radical (unpaired) electrons. The van der Waals surface area contributed by atoms with Gasteiger partial charge in [0.05, 0.1) is 5.57 Å². The summed E-state index contributed by atoms with van der Waals surface area (Å²) in [6.07, 6.45) is 1.66. The smallest absolute Gasteiger partial charge is 0.429 e. The van der Waals surface area contributed by atoms with Gasteiger partial charge in [0.1, 0.15) is 12.4 Å². The van der Waals surface area contributed by atoms with Crippen molar-refractivity contribution < 1.29 is 19.1 Å². The first kappa shape index (κ1) is 24.0. The standard InChI is InChI=1S/C30H27NO4/c1-4-10-23-15-20(2)27(21(3)16-23)28-26(35-30(33)34-19-22-11-6-5-7-12-22)18-24(29(28)32)17-25-13-8-9-14-31-25/h5-9,11-16,24H,17-19H2,1-3H3. The van der Waals surface area contributed by atoms with E-state index in [0.717, 1.165) is 33.5 Å². The van der Waals surface area contributed by atoms with Crippen LogP contribution in [0.3, 0.4) is 0 Å². The van der Waals surface area contributed by atoms with Gasteiger partial charge in [-0.15, -0.1) is 5.92 Å². The normalized spacial score (nSPS) is 14.9. The van der Waals surface area contributed by atoms with Gasteiger partial charge in [-0.25, -0.2) is 4.79 Å². The molecule has 0 bridgehead atoms. The molecule has 176 valence electrons. The molecule has 4 rings (SSSR count).